The van der Waals surface area contributed by atoms with Crippen molar-refractivity contribution in [2.45, 2.75) is 52.9 Å². The molecule has 0 aromatic heterocycles. The molecule has 0 unspecified atom stereocenters. The van der Waals surface area contributed by atoms with E-state index in [1.807, 2.05) is 24.3 Å². The molecule has 104 valence electrons. The molecule has 0 spiro atoms. The molecular weight excluding hydrogens is 232 g/mol. The molecule has 19 heavy (non-hydrogen) atoms. The van der Waals surface area contributed by atoms with Crippen LogP contribution in [0.4, 0.5) is 0 Å². The highest BCUT2D eigenvalue weighted by Crippen LogP contribution is 2.34. The Hall–Kier alpha value is -1.11. The van der Waals surface area contributed by atoms with Gasteiger partial charge in [0.15, 0.2) is 5.78 Å². The second kappa shape index (κ2) is 6.36. The van der Waals surface area contributed by atoms with Crippen molar-refractivity contribution in [3.05, 3.63) is 35.4 Å². The van der Waals surface area contributed by atoms with Gasteiger partial charge in [-0.05, 0) is 50.9 Å². The van der Waals surface area contributed by atoms with Gasteiger partial charge >= 0.3 is 0 Å². The van der Waals surface area contributed by atoms with Crippen LogP contribution < -0.4 is 0 Å². The van der Waals surface area contributed by atoms with Gasteiger partial charge in [-0.25, -0.2) is 0 Å². The molecule has 0 aliphatic heterocycles. The Morgan fingerprint density at radius 2 is 1.68 bits per heavy atom. The van der Waals surface area contributed by atoms with Crippen LogP contribution in [0.2, 0.25) is 0 Å². The SMILES string of the molecule is Cc1ccc(C(=O)C2CCC(CC(C)C)CC2)cc1. The van der Waals surface area contributed by atoms with Gasteiger partial charge in [-0.2, -0.15) is 0 Å². The predicted octanol–water partition coefficient (Wildman–Crippen LogP) is 5.03. The van der Waals surface area contributed by atoms with E-state index in [4.69, 9.17) is 0 Å². The third-order valence-electron chi connectivity index (χ3n) is 4.36. The first-order valence-electron chi connectivity index (χ1n) is 7.67. The fraction of sp³-hybridized carbons (Fsp3) is 0.611. The number of carbonyl (C=O) groups is 1. The average Bonchev–Trinajstić information content (AvgIpc) is 2.39. The summed E-state index contributed by atoms with van der Waals surface area (Å²) in [4.78, 5) is 12.4. The van der Waals surface area contributed by atoms with Crippen LogP contribution in [-0.4, -0.2) is 5.78 Å². The Bertz CT molecular complexity index is 408. The van der Waals surface area contributed by atoms with E-state index in [9.17, 15) is 4.79 Å². The molecular formula is C18H26O. The van der Waals surface area contributed by atoms with Crippen LogP contribution in [0.3, 0.4) is 0 Å². The zero-order chi connectivity index (χ0) is 13.8. The van der Waals surface area contributed by atoms with Crippen molar-refractivity contribution in [1.29, 1.82) is 0 Å². The lowest BCUT2D eigenvalue weighted by atomic mass is 9.76. The second-order valence-corrected chi connectivity index (χ2v) is 6.58. The number of aryl methyl sites for hydroxylation is 1. The summed E-state index contributed by atoms with van der Waals surface area (Å²) in [5.74, 6) is 2.27. The maximum absolute atomic E-state index is 12.4. The normalized spacial score (nSPS) is 23.6. The van der Waals surface area contributed by atoms with Gasteiger partial charge in [0.1, 0.15) is 0 Å². The topological polar surface area (TPSA) is 17.1 Å². The fourth-order valence-corrected chi connectivity index (χ4v) is 3.28. The number of hydrogen-bond acceptors (Lipinski definition) is 1. The Balaban J connectivity index is 1.90. The second-order valence-electron chi connectivity index (χ2n) is 6.58. The van der Waals surface area contributed by atoms with E-state index in [0.717, 1.165) is 30.2 Å². The lowest BCUT2D eigenvalue weighted by Gasteiger charge is -2.28. The summed E-state index contributed by atoms with van der Waals surface area (Å²) >= 11 is 0. The van der Waals surface area contributed by atoms with Crippen molar-refractivity contribution in [2.24, 2.45) is 17.8 Å². The molecule has 0 saturated heterocycles. The molecule has 2 rings (SSSR count). The number of Topliss-reactive ketones (excluding diaryl/α,β-unsaturated/α-hetero) is 1. The van der Waals surface area contributed by atoms with E-state index in [0.29, 0.717) is 5.78 Å². The van der Waals surface area contributed by atoms with Gasteiger partial charge in [-0.3, -0.25) is 4.79 Å². The monoisotopic (exact) mass is 258 g/mol. The van der Waals surface area contributed by atoms with Crippen LogP contribution in [-0.2, 0) is 0 Å². The van der Waals surface area contributed by atoms with Crippen molar-refractivity contribution in [3.8, 4) is 0 Å². The van der Waals surface area contributed by atoms with Gasteiger partial charge in [-0.1, -0.05) is 43.7 Å². The maximum Gasteiger partial charge on any atom is 0.165 e. The molecule has 1 heteroatoms. The van der Waals surface area contributed by atoms with Crippen LogP contribution in [0.25, 0.3) is 0 Å². The minimum atomic E-state index is 0.270. The molecule has 0 atom stereocenters. The summed E-state index contributed by atoms with van der Waals surface area (Å²) in [7, 11) is 0. The lowest BCUT2D eigenvalue weighted by Crippen LogP contribution is -2.22. The first-order chi connectivity index (χ1) is 9.06. The Morgan fingerprint density at radius 1 is 1.11 bits per heavy atom. The number of hydrogen-bond donors (Lipinski definition) is 0. The average molecular weight is 258 g/mol. The molecule has 1 aromatic rings. The van der Waals surface area contributed by atoms with Gasteiger partial charge < -0.3 is 0 Å². The first kappa shape index (κ1) is 14.3. The summed E-state index contributed by atoms with van der Waals surface area (Å²) in [5.41, 5.74) is 2.12. The largest absolute Gasteiger partial charge is 0.294 e. The number of rotatable bonds is 4. The highest BCUT2D eigenvalue weighted by Gasteiger charge is 2.27. The van der Waals surface area contributed by atoms with Crippen LogP contribution in [0, 0.1) is 24.7 Å². The molecule has 0 heterocycles. The Morgan fingerprint density at radius 3 is 2.21 bits per heavy atom. The summed E-state index contributed by atoms with van der Waals surface area (Å²) < 4.78 is 0. The molecule has 0 radical (unpaired) electrons. The van der Waals surface area contributed by atoms with Crippen LogP contribution >= 0.6 is 0 Å². The van der Waals surface area contributed by atoms with E-state index in [-0.39, 0.29) is 5.92 Å². The smallest absolute Gasteiger partial charge is 0.165 e. The van der Waals surface area contributed by atoms with Crippen molar-refractivity contribution < 1.29 is 4.79 Å². The zero-order valence-electron chi connectivity index (χ0n) is 12.5. The Kier molecular flexibility index (Phi) is 4.79. The quantitative estimate of drug-likeness (QED) is 0.692. The molecule has 1 fully saturated rings. The summed E-state index contributed by atoms with van der Waals surface area (Å²) in [5, 5.41) is 0. The van der Waals surface area contributed by atoms with E-state index in [2.05, 4.69) is 20.8 Å². The number of ketones is 1. The highest BCUT2D eigenvalue weighted by molar-refractivity contribution is 5.97. The minimum absolute atomic E-state index is 0.270. The van der Waals surface area contributed by atoms with Crippen molar-refractivity contribution in [1.82, 2.24) is 0 Å². The molecule has 1 aromatic carbocycles. The fourth-order valence-electron chi connectivity index (χ4n) is 3.28. The minimum Gasteiger partial charge on any atom is -0.294 e. The number of benzene rings is 1. The standard InChI is InChI=1S/C18H26O/c1-13(2)12-15-6-10-17(11-7-15)18(19)16-8-4-14(3)5-9-16/h4-5,8-9,13,15,17H,6-7,10-12H2,1-3H3. The maximum atomic E-state index is 12.4. The highest BCUT2D eigenvalue weighted by atomic mass is 16.1. The number of carbonyl (C=O) groups excluding carboxylic acids is 1. The van der Waals surface area contributed by atoms with Crippen LogP contribution in [0.15, 0.2) is 24.3 Å². The van der Waals surface area contributed by atoms with Crippen molar-refractivity contribution in [3.63, 3.8) is 0 Å². The first-order valence-corrected chi connectivity index (χ1v) is 7.67. The van der Waals surface area contributed by atoms with Crippen LogP contribution in [0.5, 0.6) is 0 Å². The van der Waals surface area contributed by atoms with Crippen molar-refractivity contribution >= 4 is 5.78 Å². The van der Waals surface area contributed by atoms with E-state index >= 15 is 0 Å². The summed E-state index contributed by atoms with van der Waals surface area (Å²) in [6, 6.07) is 8.05. The summed E-state index contributed by atoms with van der Waals surface area (Å²) in [6.07, 6.45) is 5.97. The van der Waals surface area contributed by atoms with Gasteiger partial charge in [0.05, 0.1) is 0 Å². The predicted molar refractivity (Wildman–Crippen MR) is 80.4 cm³/mol. The Labute approximate surface area is 117 Å². The van der Waals surface area contributed by atoms with Gasteiger partial charge in [-0.15, -0.1) is 0 Å². The molecule has 0 amide bonds. The molecule has 1 aliphatic carbocycles. The third kappa shape index (κ3) is 3.92. The third-order valence-corrected chi connectivity index (χ3v) is 4.36. The van der Waals surface area contributed by atoms with Gasteiger partial charge in [0, 0.05) is 11.5 Å². The van der Waals surface area contributed by atoms with Gasteiger partial charge in [0.2, 0.25) is 0 Å². The molecule has 1 nitrogen and oxygen atoms in total. The molecule has 1 aliphatic rings. The molecule has 0 N–H and O–H groups in total. The van der Waals surface area contributed by atoms with Gasteiger partial charge in [0.25, 0.3) is 0 Å². The van der Waals surface area contributed by atoms with E-state index < -0.39 is 0 Å². The molecule has 1 saturated carbocycles. The van der Waals surface area contributed by atoms with E-state index in [1.54, 1.807) is 0 Å². The molecule has 0 bridgehead atoms. The summed E-state index contributed by atoms with van der Waals surface area (Å²) in [6.45, 7) is 6.65. The van der Waals surface area contributed by atoms with Crippen molar-refractivity contribution in [2.75, 3.05) is 0 Å². The van der Waals surface area contributed by atoms with E-state index in [1.165, 1.54) is 24.8 Å². The van der Waals surface area contributed by atoms with Crippen LogP contribution in [0.1, 0.15) is 61.9 Å². The zero-order valence-corrected chi connectivity index (χ0v) is 12.5. The lowest BCUT2D eigenvalue weighted by molar-refractivity contribution is 0.0867.